The van der Waals surface area contributed by atoms with Gasteiger partial charge >= 0.3 is 0 Å². The number of hydrogen-bond donors (Lipinski definition) is 1. The Balaban J connectivity index is 2.13. The molecule has 0 radical (unpaired) electrons. The lowest BCUT2D eigenvalue weighted by molar-refractivity contribution is 0.0785. The van der Waals surface area contributed by atoms with Crippen molar-refractivity contribution in [2.24, 2.45) is 11.8 Å². The molecule has 1 fully saturated rings. The van der Waals surface area contributed by atoms with E-state index in [4.69, 9.17) is 5.73 Å². The number of amides is 1. The summed E-state index contributed by atoms with van der Waals surface area (Å²) in [5.41, 5.74) is 8.26. The molecule has 18 heavy (non-hydrogen) atoms. The molecule has 0 aromatic heterocycles. The summed E-state index contributed by atoms with van der Waals surface area (Å²) in [7, 11) is 0. The van der Waals surface area contributed by atoms with Gasteiger partial charge in [-0.25, -0.2) is 0 Å². The van der Waals surface area contributed by atoms with E-state index in [1.54, 1.807) is 0 Å². The molecule has 2 rings (SSSR count). The number of aryl methyl sites for hydroxylation is 1. The number of benzene rings is 1. The molecule has 3 nitrogen and oxygen atoms in total. The Labute approximate surface area is 109 Å². The standard InChI is InChI=1S/C15H22N2O/c1-10(2)12-6-7-17(9-12)15(18)13-5-4-11(3)8-14(13)16/h4-5,8,10,12H,6-7,9,16H2,1-3H3. The van der Waals surface area contributed by atoms with Crippen LogP contribution in [-0.2, 0) is 0 Å². The van der Waals surface area contributed by atoms with Crippen molar-refractivity contribution in [1.82, 2.24) is 4.90 Å². The molecule has 3 heteroatoms. The molecule has 1 aliphatic rings. The molecule has 1 aromatic carbocycles. The number of likely N-dealkylation sites (tertiary alicyclic amines) is 1. The van der Waals surface area contributed by atoms with Gasteiger partial charge in [0.2, 0.25) is 0 Å². The van der Waals surface area contributed by atoms with Crippen molar-refractivity contribution in [2.45, 2.75) is 27.2 Å². The molecule has 1 aliphatic heterocycles. The smallest absolute Gasteiger partial charge is 0.255 e. The second-order valence-electron chi connectivity index (χ2n) is 5.63. The zero-order valence-electron chi connectivity index (χ0n) is 11.4. The maximum atomic E-state index is 12.4. The first kappa shape index (κ1) is 12.9. The Morgan fingerprint density at radius 3 is 2.72 bits per heavy atom. The van der Waals surface area contributed by atoms with E-state index in [1.807, 2.05) is 30.0 Å². The zero-order valence-corrected chi connectivity index (χ0v) is 11.4. The largest absolute Gasteiger partial charge is 0.398 e. The first-order valence-electron chi connectivity index (χ1n) is 6.64. The van der Waals surface area contributed by atoms with Crippen LogP contribution in [0.3, 0.4) is 0 Å². The molecular formula is C15H22N2O. The highest BCUT2D eigenvalue weighted by molar-refractivity contribution is 5.99. The van der Waals surface area contributed by atoms with E-state index in [2.05, 4.69) is 13.8 Å². The highest BCUT2D eigenvalue weighted by Gasteiger charge is 2.29. The van der Waals surface area contributed by atoms with Crippen LogP contribution in [0.1, 0.15) is 36.2 Å². The molecule has 0 spiro atoms. The summed E-state index contributed by atoms with van der Waals surface area (Å²) in [4.78, 5) is 14.3. The van der Waals surface area contributed by atoms with Crippen LogP contribution in [0.5, 0.6) is 0 Å². The number of nitrogens with zero attached hydrogens (tertiary/aromatic N) is 1. The van der Waals surface area contributed by atoms with E-state index in [0.717, 1.165) is 25.1 Å². The van der Waals surface area contributed by atoms with Crippen LogP contribution in [0.2, 0.25) is 0 Å². The third-order valence-corrected chi connectivity index (χ3v) is 3.89. The van der Waals surface area contributed by atoms with Crippen molar-refractivity contribution in [2.75, 3.05) is 18.8 Å². The van der Waals surface area contributed by atoms with Gasteiger partial charge in [-0.05, 0) is 42.9 Å². The van der Waals surface area contributed by atoms with E-state index < -0.39 is 0 Å². The van der Waals surface area contributed by atoms with Crippen LogP contribution in [-0.4, -0.2) is 23.9 Å². The van der Waals surface area contributed by atoms with Crippen molar-refractivity contribution in [3.8, 4) is 0 Å². The third kappa shape index (κ3) is 2.50. The van der Waals surface area contributed by atoms with Gasteiger partial charge in [-0.15, -0.1) is 0 Å². The Kier molecular flexibility index (Phi) is 3.60. The number of nitrogens with two attached hydrogens (primary N) is 1. The van der Waals surface area contributed by atoms with Crippen LogP contribution in [0.4, 0.5) is 5.69 Å². The Bertz CT molecular complexity index is 454. The fourth-order valence-electron chi connectivity index (χ4n) is 2.56. The lowest BCUT2D eigenvalue weighted by Gasteiger charge is -2.19. The fraction of sp³-hybridized carbons (Fsp3) is 0.533. The number of hydrogen-bond acceptors (Lipinski definition) is 2. The average Bonchev–Trinajstić information content (AvgIpc) is 2.77. The lowest BCUT2D eigenvalue weighted by Crippen LogP contribution is -2.30. The van der Waals surface area contributed by atoms with Crippen molar-refractivity contribution in [3.63, 3.8) is 0 Å². The number of carbonyl (C=O) groups is 1. The summed E-state index contributed by atoms with van der Waals surface area (Å²) in [5, 5.41) is 0. The SMILES string of the molecule is Cc1ccc(C(=O)N2CCC(C(C)C)C2)c(N)c1. The van der Waals surface area contributed by atoms with Crippen molar-refractivity contribution in [1.29, 1.82) is 0 Å². The van der Waals surface area contributed by atoms with Crippen LogP contribution in [0.15, 0.2) is 18.2 Å². The van der Waals surface area contributed by atoms with Crippen molar-refractivity contribution in [3.05, 3.63) is 29.3 Å². The Morgan fingerprint density at radius 1 is 1.44 bits per heavy atom. The minimum Gasteiger partial charge on any atom is -0.398 e. The minimum absolute atomic E-state index is 0.0793. The molecule has 0 saturated carbocycles. The summed E-state index contributed by atoms with van der Waals surface area (Å²) < 4.78 is 0. The van der Waals surface area contributed by atoms with E-state index in [1.165, 1.54) is 0 Å². The summed E-state index contributed by atoms with van der Waals surface area (Å²) >= 11 is 0. The van der Waals surface area contributed by atoms with Crippen LogP contribution in [0.25, 0.3) is 0 Å². The Hall–Kier alpha value is -1.51. The van der Waals surface area contributed by atoms with Crippen LogP contribution in [0, 0.1) is 18.8 Å². The van der Waals surface area contributed by atoms with Crippen molar-refractivity contribution < 1.29 is 4.79 Å². The van der Waals surface area contributed by atoms with Gasteiger partial charge in [-0.2, -0.15) is 0 Å². The van der Waals surface area contributed by atoms with Gasteiger partial charge in [0.05, 0.1) is 5.56 Å². The molecule has 2 N–H and O–H groups in total. The number of carbonyl (C=O) groups excluding carboxylic acids is 1. The quantitative estimate of drug-likeness (QED) is 0.815. The second kappa shape index (κ2) is 5.01. The molecule has 1 atom stereocenters. The van der Waals surface area contributed by atoms with Crippen LogP contribution >= 0.6 is 0 Å². The molecule has 1 unspecified atom stereocenters. The van der Waals surface area contributed by atoms with E-state index in [9.17, 15) is 4.79 Å². The number of anilines is 1. The number of nitrogen functional groups attached to an aromatic ring is 1. The zero-order chi connectivity index (χ0) is 13.3. The molecule has 1 heterocycles. The summed E-state index contributed by atoms with van der Waals surface area (Å²) in [6.07, 6.45) is 1.11. The van der Waals surface area contributed by atoms with Crippen LogP contribution < -0.4 is 5.73 Å². The fourth-order valence-corrected chi connectivity index (χ4v) is 2.56. The first-order chi connectivity index (χ1) is 8.49. The predicted octanol–water partition coefficient (Wildman–Crippen LogP) is 2.70. The van der Waals surface area contributed by atoms with E-state index in [-0.39, 0.29) is 5.91 Å². The minimum atomic E-state index is 0.0793. The first-order valence-corrected chi connectivity index (χ1v) is 6.64. The summed E-state index contributed by atoms with van der Waals surface area (Å²) in [6, 6.07) is 5.65. The summed E-state index contributed by atoms with van der Waals surface area (Å²) in [6.45, 7) is 8.14. The van der Waals surface area contributed by atoms with Gasteiger partial charge in [0.25, 0.3) is 5.91 Å². The highest BCUT2D eigenvalue weighted by Crippen LogP contribution is 2.26. The van der Waals surface area contributed by atoms with Crippen molar-refractivity contribution >= 4 is 11.6 Å². The highest BCUT2D eigenvalue weighted by atomic mass is 16.2. The van der Waals surface area contributed by atoms with Gasteiger partial charge in [-0.3, -0.25) is 4.79 Å². The van der Waals surface area contributed by atoms with Gasteiger partial charge in [-0.1, -0.05) is 19.9 Å². The van der Waals surface area contributed by atoms with Gasteiger partial charge in [0.15, 0.2) is 0 Å². The number of rotatable bonds is 2. The molecule has 98 valence electrons. The predicted molar refractivity (Wildman–Crippen MR) is 74.4 cm³/mol. The normalized spacial score (nSPS) is 19.6. The lowest BCUT2D eigenvalue weighted by atomic mass is 9.95. The van der Waals surface area contributed by atoms with Gasteiger partial charge in [0, 0.05) is 18.8 Å². The third-order valence-electron chi connectivity index (χ3n) is 3.89. The molecular weight excluding hydrogens is 224 g/mol. The maximum absolute atomic E-state index is 12.4. The van der Waals surface area contributed by atoms with E-state index in [0.29, 0.717) is 23.1 Å². The second-order valence-corrected chi connectivity index (χ2v) is 5.63. The summed E-state index contributed by atoms with van der Waals surface area (Å²) in [5.74, 6) is 1.34. The molecule has 1 saturated heterocycles. The molecule has 1 amide bonds. The van der Waals surface area contributed by atoms with Gasteiger partial charge < -0.3 is 10.6 Å². The van der Waals surface area contributed by atoms with Gasteiger partial charge in [0.1, 0.15) is 0 Å². The average molecular weight is 246 g/mol. The molecule has 1 aromatic rings. The molecule has 0 aliphatic carbocycles. The topological polar surface area (TPSA) is 46.3 Å². The monoisotopic (exact) mass is 246 g/mol. The Morgan fingerprint density at radius 2 is 2.17 bits per heavy atom. The maximum Gasteiger partial charge on any atom is 0.255 e. The molecule has 0 bridgehead atoms. The van der Waals surface area contributed by atoms with E-state index >= 15 is 0 Å².